The third-order valence-electron chi connectivity index (χ3n) is 1.75. The molecular weight excluding hydrogens is 228 g/mol. The van der Waals surface area contributed by atoms with Crippen molar-refractivity contribution in [3.63, 3.8) is 0 Å². The minimum atomic E-state index is -3.12. The van der Waals surface area contributed by atoms with Gasteiger partial charge in [-0.15, -0.1) is 0 Å². The molecule has 0 radical (unpaired) electrons. The maximum Gasteiger partial charge on any atom is 0.387 e. The number of hydrogen-bond donors (Lipinski definition) is 2. The molecule has 1 aromatic rings. The Labute approximate surface area is 86.7 Å². The Morgan fingerprint density at radius 3 is 2.56 bits per heavy atom. The van der Waals surface area contributed by atoms with Crippen LogP contribution in [0.2, 0.25) is 0 Å². The molecule has 0 bridgehead atoms. The third-order valence-corrected chi connectivity index (χ3v) is 1.75. The fraction of sp³-hybridized carbons (Fsp3) is 0.143. The Bertz CT molecular complexity index is 463. The van der Waals surface area contributed by atoms with Gasteiger partial charge in [-0.2, -0.15) is 0 Å². The molecule has 0 aliphatic rings. The smallest absolute Gasteiger partial charge is 0.387 e. The number of carboxylic acid groups (broad SMARTS) is 1. The fourth-order valence-electron chi connectivity index (χ4n) is 1.08. The van der Waals surface area contributed by atoms with E-state index < -0.39 is 40.0 Å². The molecule has 7 nitrogen and oxygen atoms in total. The number of aromatic carboxylic acids is 1. The van der Waals surface area contributed by atoms with Crippen molar-refractivity contribution >= 4 is 17.5 Å². The predicted octanol–water partition coefficient (Wildman–Crippen LogP) is 1.21. The first kappa shape index (κ1) is 11.8. The molecule has 1 aromatic heterocycles. The zero-order valence-corrected chi connectivity index (χ0v) is 7.55. The fourth-order valence-corrected chi connectivity index (χ4v) is 1.08. The van der Waals surface area contributed by atoms with Crippen molar-refractivity contribution < 1.29 is 23.6 Å². The molecule has 0 fully saturated rings. The number of nitrogens with two attached hydrogens (primary N) is 1. The van der Waals surface area contributed by atoms with Crippen LogP contribution in [0.25, 0.3) is 0 Å². The summed E-state index contributed by atoms with van der Waals surface area (Å²) in [6.45, 7) is 0. The number of nitrogen functional groups attached to an aromatic ring is 1. The van der Waals surface area contributed by atoms with Gasteiger partial charge in [-0.05, 0) is 9.91 Å². The third kappa shape index (κ3) is 1.87. The van der Waals surface area contributed by atoms with Gasteiger partial charge >= 0.3 is 11.8 Å². The second-order valence-electron chi connectivity index (χ2n) is 2.69. The van der Waals surface area contributed by atoms with E-state index >= 15 is 0 Å². The van der Waals surface area contributed by atoms with E-state index in [1.54, 1.807) is 0 Å². The van der Waals surface area contributed by atoms with Crippen LogP contribution in [0.1, 0.15) is 22.3 Å². The molecule has 0 saturated heterocycles. The van der Waals surface area contributed by atoms with Gasteiger partial charge in [-0.25, -0.2) is 13.6 Å². The van der Waals surface area contributed by atoms with Gasteiger partial charge in [-0.1, -0.05) is 0 Å². The average molecular weight is 233 g/mol. The minimum Gasteiger partial charge on any atom is -0.478 e. The van der Waals surface area contributed by atoms with E-state index in [0.717, 1.165) is 0 Å². The zero-order valence-electron chi connectivity index (χ0n) is 7.55. The maximum atomic E-state index is 12.4. The highest BCUT2D eigenvalue weighted by Crippen LogP contribution is 2.31. The van der Waals surface area contributed by atoms with Crippen LogP contribution in [0.5, 0.6) is 0 Å². The van der Waals surface area contributed by atoms with Crippen LogP contribution in [-0.4, -0.2) is 21.0 Å². The molecular formula is C7H5F2N3O4. The summed E-state index contributed by atoms with van der Waals surface area (Å²) in [4.78, 5) is 23.0. The quantitative estimate of drug-likeness (QED) is 0.598. The van der Waals surface area contributed by atoms with Crippen LogP contribution >= 0.6 is 0 Å². The highest BCUT2D eigenvalue weighted by Gasteiger charge is 2.29. The number of carboxylic acids is 1. The van der Waals surface area contributed by atoms with E-state index in [1.165, 1.54) is 0 Å². The van der Waals surface area contributed by atoms with Crippen LogP contribution in [0.3, 0.4) is 0 Å². The van der Waals surface area contributed by atoms with Crippen LogP contribution < -0.4 is 5.73 Å². The number of pyridine rings is 1. The average Bonchev–Trinajstić information content (AvgIpc) is 2.15. The van der Waals surface area contributed by atoms with Crippen LogP contribution in [-0.2, 0) is 0 Å². The van der Waals surface area contributed by atoms with E-state index in [4.69, 9.17) is 10.8 Å². The van der Waals surface area contributed by atoms with Crippen molar-refractivity contribution in [2.24, 2.45) is 0 Å². The van der Waals surface area contributed by atoms with Gasteiger partial charge in [0.2, 0.25) is 0 Å². The van der Waals surface area contributed by atoms with Gasteiger partial charge in [-0.3, -0.25) is 0 Å². The number of carbonyl (C=O) groups is 1. The topological polar surface area (TPSA) is 119 Å². The van der Waals surface area contributed by atoms with Gasteiger partial charge in [0.05, 0.1) is 5.56 Å². The lowest BCUT2D eigenvalue weighted by atomic mass is 10.1. The molecule has 0 spiro atoms. The highest BCUT2D eigenvalue weighted by atomic mass is 19.3. The van der Waals surface area contributed by atoms with Gasteiger partial charge < -0.3 is 21.0 Å². The Kier molecular flexibility index (Phi) is 2.97. The number of nitro groups is 1. The van der Waals surface area contributed by atoms with E-state index in [1.807, 2.05) is 0 Å². The normalized spacial score (nSPS) is 10.4. The number of alkyl halides is 2. The minimum absolute atomic E-state index is 0.433. The summed E-state index contributed by atoms with van der Waals surface area (Å²) in [7, 11) is 0. The zero-order chi connectivity index (χ0) is 12.5. The standard InChI is InChI=1S/C7H5F2N3O4/c8-5(9)2-1-11-6(12(15)16)4(10)3(2)7(13)14/h1,5H,10H2,(H,13,14). The van der Waals surface area contributed by atoms with Crippen molar-refractivity contribution in [1.82, 2.24) is 4.98 Å². The van der Waals surface area contributed by atoms with Crippen molar-refractivity contribution in [3.05, 3.63) is 27.4 Å². The van der Waals surface area contributed by atoms with Crippen molar-refractivity contribution in [1.29, 1.82) is 0 Å². The summed E-state index contributed by atoms with van der Waals surface area (Å²) in [5, 5.41) is 19.0. The monoisotopic (exact) mass is 233 g/mol. The van der Waals surface area contributed by atoms with Gasteiger partial charge in [0.1, 0.15) is 17.4 Å². The largest absolute Gasteiger partial charge is 0.478 e. The molecule has 0 aromatic carbocycles. The molecule has 1 heterocycles. The van der Waals surface area contributed by atoms with Gasteiger partial charge in [0.15, 0.2) is 0 Å². The first-order chi connectivity index (χ1) is 7.36. The number of halogens is 2. The van der Waals surface area contributed by atoms with Crippen molar-refractivity contribution in [2.45, 2.75) is 6.43 Å². The van der Waals surface area contributed by atoms with E-state index in [-0.39, 0.29) is 0 Å². The molecule has 0 atom stereocenters. The van der Waals surface area contributed by atoms with Crippen LogP contribution in [0, 0.1) is 10.1 Å². The predicted molar refractivity (Wildman–Crippen MR) is 47.2 cm³/mol. The number of hydrogen-bond acceptors (Lipinski definition) is 5. The van der Waals surface area contributed by atoms with E-state index in [2.05, 4.69) is 4.98 Å². The molecule has 0 saturated carbocycles. The summed E-state index contributed by atoms with van der Waals surface area (Å²) >= 11 is 0. The molecule has 16 heavy (non-hydrogen) atoms. The van der Waals surface area contributed by atoms with Gasteiger partial charge in [0.25, 0.3) is 6.43 Å². The number of aromatic nitrogens is 1. The Morgan fingerprint density at radius 2 is 2.19 bits per heavy atom. The summed E-state index contributed by atoms with van der Waals surface area (Å²) < 4.78 is 24.7. The lowest BCUT2D eigenvalue weighted by Gasteiger charge is -2.05. The lowest BCUT2D eigenvalue weighted by molar-refractivity contribution is -0.388. The first-order valence-corrected chi connectivity index (χ1v) is 3.80. The summed E-state index contributed by atoms with van der Waals surface area (Å²) in [6.07, 6.45) is -2.69. The molecule has 0 aliphatic carbocycles. The lowest BCUT2D eigenvalue weighted by Crippen LogP contribution is -2.11. The van der Waals surface area contributed by atoms with Crippen molar-refractivity contribution in [2.75, 3.05) is 5.73 Å². The number of rotatable bonds is 3. The second-order valence-corrected chi connectivity index (χ2v) is 2.69. The van der Waals surface area contributed by atoms with Crippen molar-refractivity contribution in [3.8, 4) is 0 Å². The molecule has 86 valence electrons. The molecule has 0 unspecified atom stereocenters. The highest BCUT2D eigenvalue weighted by molar-refractivity contribution is 5.97. The van der Waals surface area contributed by atoms with Gasteiger partial charge in [0, 0.05) is 0 Å². The molecule has 3 N–H and O–H groups in total. The van der Waals surface area contributed by atoms with Crippen LogP contribution in [0.4, 0.5) is 20.3 Å². The number of nitrogens with zero attached hydrogens (tertiary/aromatic N) is 2. The Balaban J connectivity index is 3.54. The summed E-state index contributed by atoms with van der Waals surface area (Å²) in [5.41, 5.74) is 2.29. The summed E-state index contributed by atoms with van der Waals surface area (Å²) in [6, 6.07) is 0. The molecule has 9 heteroatoms. The Morgan fingerprint density at radius 1 is 1.62 bits per heavy atom. The second kappa shape index (κ2) is 4.04. The number of anilines is 1. The van der Waals surface area contributed by atoms with Crippen LogP contribution in [0.15, 0.2) is 6.20 Å². The van der Waals surface area contributed by atoms with E-state index in [9.17, 15) is 23.7 Å². The molecule has 0 amide bonds. The first-order valence-electron chi connectivity index (χ1n) is 3.80. The molecule has 1 rings (SSSR count). The molecule has 0 aliphatic heterocycles. The maximum absolute atomic E-state index is 12.4. The Hall–Kier alpha value is -2.32. The van der Waals surface area contributed by atoms with E-state index in [0.29, 0.717) is 6.20 Å². The SMILES string of the molecule is Nc1c([N+](=O)[O-])ncc(C(F)F)c1C(=O)O. The summed E-state index contributed by atoms with van der Waals surface area (Å²) in [5.74, 6) is -2.72.